The van der Waals surface area contributed by atoms with Gasteiger partial charge in [0.05, 0.1) is 0 Å². The van der Waals surface area contributed by atoms with Crippen LogP contribution in [0.2, 0.25) is 0 Å². The summed E-state index contributed by atoms with van der Waals surface area (Å²) in [4.78, 5) is 0. The summed E-state index contributed by atoms with van der Waals surface area (Å²) in [5.41, 5.74) is 5.14. The standard InChI is InChI=1S/C20H27N2O3S/c1-15(11-12-18-17(3)10-7-13-20(18,4)5)8-6-9-16(2)14-19-21-25-26(23,24)22-19/h6,8-9,11-12,14H,7,10,13H2,1-5H3/q-1/b9-6+,12-11+,15-8+,16-14+. The quantitative estimate of drug-likeness (QED) is 0.597. The highest BCUT2D eigenvalue weighted by molar-refractivity contribution is 7.90. The van der Waals surface area contributed by atoms with Crippen molar-refractivity contribution >= 4 is 16.1 Å². The van der Waals surface area contributed by atoms with Crippen LogP contribution in [0.3, 0.4) is 0 Å². The molecule has 6 heteroatoms. The van der Waals surface area contributed by atoms with E-state index in [1.54, 1.807) is 6.08 Å². The highest BCUT2D eigenvalue weighted by Gasteiger charge is 2.26. The van der Waals surface area contributed by atoms with Crippen LogP contribution in [0.5, 0.6) is 0 Å². The Bertz CT molecular complexity index is 838. The average Bonchev–Trinajstić information content (AvgIpc) is 2.84. The third kappa shape index (κ3) is 5.73. The van der Waals surface area contributed by atoms with Crippen LogP contribution in [0.1, 0.15) is 53.9 Å². The third-order valence-electron chi connectivity index (χ3n) is 4.56. The maximum absolute atomic E-state index is 11.0. The van der Waals surface area contributed by atoms with E-state index in [1.165, 1.54) is 30.4 Å². The molecule has 0 N–H and O–H groups in total. The molecule has 1 aliphatic heterocycles. The Morgan fingerprint density at radius 3 is 2.58 bits per heavy atom. The molecular weight excluding hydrogens is 348 g/mol. The van der Waals surface area contributed by atoms with Crippen LogP contribution in [0.4, 0.5) is 0 Å². The van der Waals surface area contributed by atoms with E-state index in [2.05, 4.69) is 54.0 Å². The van der Waals surface area contributed by atoms with E-state index in [4.69, 9.17) is 0 Å². The Morgan fingerprint density at radius 1 is 1.23 bits per heavy atom. The highest BCUT2D eigenvalue weighted by Crippen LogP contribution is 2.40. The van der Waals surface area contributed by atoms with Crippen molar-refractivity contribution in [3.63, 3.8) is 0 Å². The van der Waals surface area contributed by atoms with Crippen LogP contribution < -0.4 is 0 Å². The summed E-state index contributed by atoms with van der Waals surface area (Å²) in [6, 6.07) is 0. The molecule has 0 unspecified atom stereocenters. The first kappa shape index (κ1) is 20.2. The Hall–Kier alpha value is -2.08. The summed E-state index contributed by atoms with van der Waals surface area (Å²) >= 11 is 0. The van der Waals surface area contributed by atoms with Crippen molar-refractivity contribution in [1.29, 1.82) is 0 Å². The molecule has 142 valence electrons. The Balaban J connectivity index is 2.00. The molecule has 0 aromatic rings. The minimum absolute atomic E-state index is 0.0506. The van der Waals surface area contributed by atoms with Crippen LogP contribution in [0.25, 0.3) is 4.72 Å². The summed E-state index contributed by atoms with van der Waals surface area (Å²) < 4.78 is 29.6. The van der Waals surface area contributed by atoms with Gasteiger partial charge in [0, 0.05) is 0 Å². The number of hydrogen-bond acceptors (Lipinski definition) is 4. The fraction of sp³-hybridized carbons (Fsp3) is 0.450. The topological polar surface area (TPSA) is 69.8 Å². The van der Waals surface area contributed by atoms with E-state index in [1.807, 2.05) is 25.2 Å². The Morgan fingerprint density at radius 2 is 1.96 bits per heavy atom. The first-order chi connectivity index (χ1) is 12.1. The molecule has 2 aliphatic rings. The van der Waals surface area contributed by atoms with Gasteiger partial charge < -0.3 is 9.01 Å². The van der Waals surface area contributed by atoms with E-state index in [-0.39, 0.29) is 11.3 Å². The van der Waals surface area contributed by atoms with Gasteiger partial charge in [-0.3, -0.25) is 5.16 Å². The summed E-state index contributed by atoms with van der Waals surface area (Å²) in [6.45, 7) is 10.8. The molecular formula is C20H27N2O3S-. The van der Waals surface area contributed by atoms with Gasteiger partial charge in [-0.25, -0.2) is 0 Å². The first-order valence-corrected chi connectivity index (χ1v) is 10.1. The van der Waals surface area contributed by atoms with Crippen LogP contribution in [0, 0.1) is 5.41 Å². The number of oxime groups is 1. The van der Waals surface area contributed by atoms with Crippen molar-refractivity contribution in [3.05, 3.63) is 63.5 Å². The van der Waals surface area contributed by atoms with Gasteiger partial charge in [0.2, 0.25) is 0 Å². The minimum atomic E-state index is -3.88. The van der Waals surface area contributed by atoms with Crippen molar-refractivity contribution in [3.8, 4) is 0 Å². The molecule has 5 nitrogen and oxygen atoms in total. The van der Waals surface area contributed by atoms with Gasteiger partial charge in [0.15, 0.2) is 0 Å². The summed E-state index contributed by atoms with van der Waals surface area (Å²) in [5, 5.41) is 3.39. The molecule has 0 bridgehead atoms. The molecule has 1 aliphatic carbocycles. The van der Waals surface area contributed by atoms with Crippen molar-refractivity contribution in [2.45, 2.75) is 53.9 Å². The lowest BCUT2D eigenvalue weighted by Gasteiger charge is -2.32. The van der Waals surface area contributed by atoms with Gasteiger partial charge in [0.25, 0.3) is 0 Å². The summed E-state index contributed by atoms with van der Waals surface area (Å²) in [5.74, 6) is 0.0506. The zero-order valence-corrected chi connectivity index (χ0v) is 16.9. The van der Waals surface area contributed by atoms with Crippen molar-refractivity contribution in [1.82, 2.24) is 0 Å². The second-order valence-electron chi connectivity index (χ2n) is 7.47. The SMILES string of the molecule is CC1=C(/C=C/C(C)=C/C=C/C(C)=C/C2=NOS(=O)(=O)[N-]2)C(C)(C)CCC1. The lowest BCUT2D eigenvalue weighted by atomic mass is 9.72. The van der Waals surface area contributed by atoms with E-state index >= 15 is 0 Å². The van der Waals surface area contributed by atoms with E-state index in [0.717, 1.165) is 11.1 Å². The molecule has 0 amide bonds. The zero-order chi connectivity index (χ0) is 19.4. The molecule has 0 saturated heterocycles. The second kappa shape index (κ2) is 8.08. The number of hydrogen-bond donors (Lipinski definition) is 0. The van der Waals surface area contributed by atoms with Crippen LogP contribution >= 0.6 is 0 Å². The van der Waals surface area contributed by atoms with E-state index < -0.39 is 10.3 Å². The van der Waals surface area contributed by atoms with Gasteiger partial charge in [-0.1, -0.05) is 67.0 Å². The van der Waals surface area contributed by atoms with Gasteiger partial charge in [-0.2, -0.15) is 8.42 Å². The normalized spacial score (nSPS) is 23.3. The molecule has 0 spiro atoms. The fourth-order valence-electron chi connectivity index (χ4n) is 3.17. The molecule has 0 atom stereocenters. The predicted molar refractivity (Wildman–Crippen MR) is 107 cm³/mol. The molecule has 0 saturated carbocycles. The van der Waals surface area contributed by atoms with Crippen LogP contribution in [-0.4, -0.2) is 14.3 Å². The minimum Gasteiger partial charge on any atom is -0.374 e. The highest BCUT2D eigenvalue weighted by atomic mass is 32.2. The maximum atomic E-state index is 11.0. The number of rotatable bonds is 5. The largest absolute Gasteiger partial charge is 0.374 e. The monoisotopic (exact) mass is 375 g/mol. The lowest BCUT2D eigenvalue weighted by Crippen LogP contribution is -2.19. The molecule has 0 radical (unpaired) electrons. The summed E-state index contributed by atoms with van der Waals surface area (Å²) in [7, 11) is -3.88. The number of amidine groups is 1. The number of allylic oxidation sites excluding steroid dienone is 9. The van der Waals surface area contributed by atoms with Gasteiger partial charge in [-0.15, -0.1) is 0 Å². The molecule has 0 fully saturated rings. The molecule has 1 heterocycles. The van der Waals surface area contributed by atoms with E-state index in [0.29, 0.717) is 0 Å². The summed E-state index contributed by atoms with van der Waals surface area (Å²) in [6.07, 6.45) is 15.4. The molecule has 0 aromatic heterocycles. The van der Waals surface area contributed by atoms with Gasteiger partial charge in [-0.05, 0) is 56.9 Å². The van der Waals surface area contributed by atoms with Crippen molar-refractivity contribution in [2.24, 2.45) is 10.6 Å². The van der Waals surface area contributed by atoms with Gasteiger partial charge in [0.1, 0.15) is 0 Å². The molecule has 0 aromatic carbocycles. The maximum Gasteiger partial charge on any atom is 0.342 e. The average molecular weight is 376 g/mol. The van der Waals surface area contributed by atoms with Crippen molar-refractivity contribution < 1.29 is 12.7 Å². The predicted octanol–water partition coefficient (Wildman–Crippen LogP) is 5.48. The van der Waals surface area contributed by atoms with Crippen molar-refractivity contribution in [2.75, 3.05) is 0 Å². The molecule has 26 heavy (non-hydrogen) atoms. The Labute approximate surface area is 157 Å². The first-order valence-electron chi connectivity index (χ1n) is 8.75. The Kier molecular flexibility index (Phi) is 6.29. The van der Waals surface area contributed by atoms with Gasteiger partial charge >= 0.3 is 10.3 Å². The van der Waals surface area contributed by atoms with E-state index in [9.17, 15) is 8.42 Å². The molecule has 2 rings (SSSR count). The zero-order valence-electron chi connectivity index (χ0n) is 16.1. The van der Waals surface area contributed by atoms with Crippen LogP contribution in [0.15, 0.2) is 63.9 Å². The number of nitrogens with zero attached hydrogens (tertiary/aromatic N) is 2. The van der Waals surface area contributed by atoms with Crippen LogP contribution in [-0.2, 0) is 14.6 Å². The third-order valence-corrected chi connectivity index (χ3v) is 5.23. The smallest absolute Gasteiger partial charge is 0.342 e. The second-order valence-corrected chi connectivity index (χ2v) is 8.65. The fourth-order valence-corrected chi connectivity index (χ4v) is 3.69. The lowest BCUT2D eigenvalue weighted by molar-refractivity contribution is 0.354.